The molecule has 226 valence electrons. The first-order valence-electron chi connectivity index (χ1n) is 12.3. The van der Waals surface area contributed by atoms with Gasteiger partial charge in [0.1, 0.15) is 16.4 Å². The molecule has 3 amide bonds. The molecule has 42 heavy (non-hydrogen) atoms. The van der Waals surface area contributed by atoms with Gasteiger partial charge in [-0.15, -0.1) is 0 Å². The Morgan fingerprint density at radius 1 is 1.17 bits per heavy atom. The van der Waals surface area contributed by atoms with Crippen LogP contribution in [0.3, 0.4) is 0 Å². The molecule has 2 aromatic heterocycles. The molecule has 3 aromatic rings. The monoisotopic (exact) mass is 664 g/mol. The fraction of sp³-hybridized carbons (Fsp3) is 0.360. The van der Waals surface area contributed by atoms with E-state index in [2.05, 4.69) is 20.0 Å². The van der Waals surface area contributed by atoms with Crippen molar-refractivity contribution in [2.24, 2.45) is 5.73 Å². The maximum Gasteiger partial charge on any atom is 0.399 e. The Hall–Kier alpha value is -2.98. The van der Waals surface area contributed by atoms with Crippen molar-refractivity contribution < 1.29 is 31.2 Å². The molecule has 1 saturated heterocycles. The molecule has 10 nitrogen and oxygen atoms in total. The lowest BCUT2D eigenvalue weighted by Gasteiger charge is -2.27. The minimum Gasteiger partial charge on any atom is -0.368 e. The number of aryl methyl sites for hydroxylation is 1. The molecule has 0 radical (unpaired) electrons. The Morgan fingerprint density at radius 3 is 2.50 bits per heavy atom. The number of anilines is 1. The number of likely N-dealkylation sites (tertiary alicyclic amines) is 1. The Bertz CT molecular complexity index is 1650. The van der Waals surface area contributed by atoms with Crippen LogP contribution in [0.2, 0.25) is 10.0 Å². The molecular weight excluding hydrogens is 640 g/mol. The van der Waals surface area contributed by atoms with Crippen molar-refractivity contribution in [3.05, 3.63) is 58.0 Å². The van der Waals surface area contributed by atoms with Crippen LogP contribution in [0, 0.1) is 6.92 Å². The van der Waals surface area contributed by atoms with Crippen LogP contribution in [0.1, 0.15) is 31.7 Å². The van der Waals surface area contributed by atoms with Crippen LogP contribution in [0.4, 0.5) is 23.1 Å². The van der Waals surface area contributed by atoms with Crippen LogP contribution in [0.25, 0.3) is 10.4 Å². The average molecular weight is 666 g/mol. The molecule has 3 heterocycles. The maximum absolute atomic E-state index is 13.6. The summed E-state index contributed by atoms with van der Waals surface area (Å²) in [6.07, 6.45) is -3.36. The molecular formula is C25H25Cl2F3N6O4S2. The highest BCUT2D eigenvalue weighted by molar-refractivity contribution is 7.89. The molecule has 0 spiro atoms. The number of rotatable bonds is 7. The molecule has 0 aliphatic carbocycles. The van der Waals surface area contributed by atoms with E-state index in [1.165, 1.54) is 36.5 Å². The summed E-state index contributed by atoms with van der Waals surface area (Å²) in [7, 11) is -4.17. The van der Waals surface area contributed by atoms with Crippen molar-refractivity contribution >= 4 is 61.6 Å². The number of pyridine rings is 1. The van der Waals surface area contributed by atoms with Gasteiger partial charge in [-0.25, -0.2) is 22.9 Å². The summed E-state index contributed by atoms with van der Waals surface area (Å²) in [5.74, 6) is -0.847. The van der Waals surface area contributed by atoms with Crippen LogP contribution >= 0.6 is 34.5 Å². The van der Waals surface area contributed by atoms with Gasteiger partial charge in [-0.3, -0.25) is 15.1 Å². The van der Waals surface area contributed by atoms with Crippen molar-refractivity contribution in [2.45, 2.75) is 55.8 Å². The number of amides is 3. The van der Waals surface area contributed by atoms with Gasteiger partial charge >= 0.3 is 12.2 Å². The van der Waals surface area contributed by atoms with E-state index in [1.807, 2.05) is 0 Å². The second-order valence-electron chi connectivity index (χ2n) is 10.1. The maximum atomic E-state index is 13.6. The van der Waals surface area contributed by atoms with Gasteiger partial charge in [0.05, 0.1) is 21.3 Å². The number of carbonyl (C=O) groups excluding carboxylic acids is 2. The highest BCUT2D eigenvalue weighted by atomic mass is 35.5. The minimum absolute atomic E-state index is 0.0656. The number of nitrogens with one attached hydrogen (secondary N) is 2. The fourth-order valence-electron chi connectivity index (χ4n) is 4.32. The van der Waals surface area contributed by atoms with Gasteiger partial charge in [0.2, 0.25) is 15.9 Å². The molecule has 1 aliphatic heterocycles. The summed E-state index contributed by atoms with van der Waals surface area (Å²) in [5.41, 5.74) is 4.00. The number of hydrogen-bond donors (Lipinski definition) is 3. The Kier molecular flexibility index (Phi) is 8.82. The van der Waals surface area contributed by atoms with Crippen LogP contribution in [-0.4, -0.2) is 60.0 Å². The Morgan fingerprint density at radius 2 is 1.86 bits per heavy atom. The molecule has 1 aliphatic rings. The zero-order valence-corrected chi connectivity index (χ0v) is 25.4. The number of halogens is 5. The first kappa shape index (κ1) is 31.9. The van der Waals surface area contributed by atoms with Gasteiger partial charge in [-0.05, 0) is 63.1 Å². The highest BCUT2D eigenvalue weighted by Gasteiger charge is 2.49. The van der Waals surface area contributed by atoms with Gasteiger partial charge in [0.25, 0.3) is 0 Å². The third-order valence-electron chi connectivity index (χ3n) is 6.78. The van der Waals surface area contributed by atoms with Crippen molar-refractivity contribution in [3.63, 3.8) is 0 Å². The van der Waals surface area contributed by atoms with Crippen molar-refractivity contribution in [3.8, 4) is 10.4 Å². The third kappa shape index (κ3) is 6.49. The van der Waals surface area contributed by atoms with Gasteiger partial charge in [-0.1, -0.05) is 34.5 Å². The Labute approximate surface area is 253 Å². The molecule has 4 rings (SSSR count). The average Bonchev–Trinajstić information content (AvgIpc) is 3.47. The molecule has 17 heteroatoms. The number of benzene rings is 1. The Balaban J connectivity index is 1.53. The van der Waals surface area contributed by atoms with Crippen LogP contribution in [0.5, 0.6) is 0 Å². The lowest BCUT2D eigenvalue weighted by molar-refractivity contribution is -0.181. The zero-order chi connectivity index (χ0) is 31.2. The summed E-state index contributed by atoms with van der Waals surface area (Å²) in [6.45, 7) is 3.50. The molecule has 0 unspecified atom stereocenters. The topological polar surface area (TPSA) is 147 Å². The van der Waals surface area contributed by atoms with Crippen molar-refractivity contribution in [2.75, 3.05) is 11.9 Å². The number of urea groups is 1. The lowest BCUT2D eigenvalue weighted by atomic mass is 9.87. The number of hydrogen-bond acceptors (Lipinski definition) is 7. The molecule has 1 fully saturated rings. The van der Waals surface area contributed by atoms with Crippen LogP contribution in [0.15, 0.2) is 41.4 Å². The predicted octanol–water partition coefficient (Wildman–Crippen LogP) is 5.10. The number of sulfonamides is 1. The number of carbonyl (C=O) groups is 2. The van der Waals surface area contributed by atoms with E-state index in [1.54, 1.807) is 6.92 Å². The first-order valence-corrected chi connectivity index (χ1v) is 15.3. The van der Waals surface area contributed by atoms with Crippen molar-refractivity contribution in [1.82, 2.24) is 19.6 Å². The predicted molar refractivity (Wildman–Crippen MR) is 153 cm³/mol. The third-order valence-corrected chi connectivity index (χ3v) is 10.1. The lowest BCUT2D eigenvalue weighted by Crippen LogP contribution is -2.46. The van der Waals surface area contributed by atoms with E-state index in [4.69, 9.17) is 28.9 Å². The van der Waals surface area contributed by atoms with E-state index in [0.717, 1.165) is 30.1 Å². The van der Waals surface area contributed by atoms with Crippen LogP contribution in [-0.2, 0) is 20.2 Å². The smallest absolute Gasteiger partial charge is 0.368 e. The summed E-state index contributed by atoms with van der Waals surface area (Å²) in [6, 6.07) is 4.00. The number of primary amides is 1. The van der Waals surface area contributed by atoms with E-state index in [-0.39, 0.29) is 38.7 Å². The van der Waals surface area contributed by atoms with Gasteiger partial charge in [0.15, 0.2) is 5.13 Å². The molecule has 4 N–H and O–H groups in total. The van der Waals surface area contributed by atoms with Gasteiger partial charge < -0.3 is 10.6 Å². The largest absolute Gasteiger partial charge is 0.399 e. The first-order chi connectivity index (χ1) is 19.4. The summed E-state index contributed by atoms with van der Waals surface area (Å²) in [4.78, 5) is 34.9. The number of nitrogens with zero attached hydrogens (tertiary/aromatic N) is 3. The second kappa shape index (κ2) is 11.6. The van der Waals surface area contributed by atoms with Gasteiger partial charge in [0, 0.05) is 23.8 Å². The molecule has 0 saturated carbocycles. The van der Waals surface area contributed by atoms with E-state index >= 15 is 0 Å². The molecule has 0 bridgehead atoms. The minimum atomic E-state index is -4.53. The van der Waals surface area contributed by atoms with Crippen LogP contribution < -0.4 is 15.8 Å². The SMILES string of the molecule is Cc1nc(NC(=O)N2C[C@H](NS(=O)(=O)c3cc(Cl)ccc3Cl)C[C@H]2C(N)=O)sc1-c1ccnc(C(C)(C)C(F)(F)F)c1. The summed E-state index contributed by atoms with van der Waals surface area (Å²) < 4.78 is 69.1. The van der Waals surface area contributed by atoms with E-state index in [0.29, 0.717) is 16.1 Å². The summed E-state index contributed by atoms with van der Waals surface area (Å²) in [5, 5.41) is 2.77. The van der Waals surface area contributed by atoms with Gasteiger partial charge in [-0.2, -0.15) is 13.2 Å². The number of aromatic nitrogens is 2. The fourth-order valence-corrected chi connectivity index (χ4v) is 7.28. The summed E-state index contributed by atoms with van der Waals surface area (Å²) >= 11 is 13.0. The highest BCUT2D eigenvalue weighted by Crippen LogP contribution is 2.41. The second-order valence-corrected chi connectivity index (χ2v) is 13.6. The quantitative estimate of drug-likeness (QED) is 0.320. The molecule has 2 atom stereocenters. The number of alkyl halides is 3. The molecule has 1 aromatic carbocycles. The van der Waals surface area contributed by atoms with Crippen molar-refractivity contribution in [1.29, 1.82) is 0 Å². The van der Waals surface area contributed by atoms with E-state index < -0.39 is 45.6 Å². The van der Waals surface area contributed by atoms with E-state index in [9.17, 15) is 31.2 Å². The standard InChI is InChI=1S/C25H25Cl2F3N6O4S2/c1-12-20(13-6-7-32-19(8-13)24(2,3)25(28,29)30)41-22(33-12)34-23(38)36-11-15(10-17(36)21(31)37)35-42(39,40)18-9-14(26)4-5-16(18)27/h4-9,15,17,35H,10-11H2,1-3H3,(H2,31,37)(H,33,34,38)/t15-,17+/m1/s1. The normalized spacial score (nSPS) is 17.9. The zero-order valence-electron chi connectivity index (χ0n) is 22.3. The number of nitrogens with two attached hydrogens (primary N) is 1. The number of thiazole rings is 1.